The first kappa shape index (κ1) is 16.8. The highest BCUT2D eigenvalue weighted by Gasteiger charge is 2.38. The number of nitrogens with zero attached hydrogens (tertiary/aromatic N) is 1. The maximum Gasteiger partial charge on any atom is 0.410 e. The molecule has 20 heavy (non-hydrogen) atoms. The molecule has 0 saturated carbocycles. The van der Waals surface area contributed by atoms with Gasteiger partial charge in [0.05, 0.1) is 25.2 Å². The molecular formula is C14H25NO5. The van der Waals surface area contributed by atoms with Crippen molar-refractivity contribution in [2.24, 2.45) is 0 Å². The van der Waals surface area contributed by atoms with Crippen LogP contribution in [0.25, 0.3) is 0 Å². The Kier molecular flexibility index (Phi) is 5.39. The number of carbonyl (C=O) groups excluding carboxylic acids is 2. The lowest BCUT2D eigenvalue weighted by Crippen LogP contribution is -2.52. The fourth-order valence-electron chi connectivity index (χ4n) is 2.22. The number of amides is 1. The van der Waals surface area contributed by atoms with Gasteiger partial charge in [-0.25, -0.2) is 4.79 Å². The lowest BCUT2D eigenvalue weighted by atomic mass is 9.90. The SMILES string of the molecule is CCOC(=O)CC1(O)CCCN(C(=O)OC(C)(C)C)C1. The van der Waals surface area contributed by atoms with Crippen molar-refractivity contribution >= 4 is 12.1 Å². The molecule has 6 nitrogen and oxygen atoms in total. The van der Waals surface area contributed by atoms with E-state index in [9.17, 15) is 14.7 Å². The zero-order valence-electron chi connectivity index (χ0n) is 12.8. The predicted molar refractivity (Wildman–Crippen MR) is 73.2 cm³/mol. The number of hydrogen-bond donors (Lipinski definition) is 1. The topological polar surface area (TPSA) is 76.1 Å². The minimum absolute atomic E-state index is 0.0971. The van der Waals surface area contributed by atoms with Crippen LogP contribution in [0.15, 0.2) is 0 Å². The van der Waals surface area contributed by atoms with Crippen LogP contribution < -0.4 is 0 Å². The molecule has 0 aliphatic carbocycles. The van der Waals surface area contributed by atoms with Gasteiger partial charge in [0.1, 0.15) is 5.60 Å². The second kappa shape index (κ2) is 6.43. The minimum Gasteiger partial charge on any atom is -0.466 e. The molecule has 1 fully saturated rings. The van der Waals surface area contributed by atoms with E-state index < -0.39 is 23.3 Å². The number of β-amino-alcohol motifs (C(OH)–C–C–N with tert-alkyl or cyclic N) is 1. The van der Waals surface area contributed by atoms with E-state index in [2.05, 4.69) is 0 Å². The average molecular weight is 287 g/mol. The van der Waals surface area contributed by atoms with Crippen molar-refractivity contribution in [1.29, 1.82) is 0 Å². The number of rotatable bonds is 3. The molecule has 0 spiro atoms. The number of esters is 1. The van der Waals surface area contributed by atoms with Crippen LogP contribution in [-0.4, -0.2) is 53.0 Å². The smallest absolute Gasteiger partial charge is 0.410 e. The Labute approximate surface area is 120 Å². The summed E-state index contributed by atoms with van der Waals surface area (Å²) < 4.78 is 10.1. The van der Waals surface area contributed by atoms with Gasteiger partial charge in [0.2, 0.25) is 0 Å². The van der Waals surface area contributed by atoms with Crippen molar-refractivity contribution in [3.05, 3.63) is 0 Å². The first-order valence-corrected chi connectivity index (χ1v) is 7.01. The molecule has 1 saturated heterocycles. The summed E-state index contributed by atoms with van der Waals surface area (Å²) in [5, 5.41) is 10.4. The maximum absolute atomic E-state index is 12.0. The van der Waals surface area contributed by atoms with E-state index >= 15 is 0 Å². The highest BCUT2D eigenvalue weighted by atomic mass is 16.6. The first-order valence-electron chi connectivity index (χ1n) is 7.01. The van der Waals surface area contributed by atoms with Gasteiger partial charge < -0.3 is 19.5 Å². The summed E-state index contributed by atoms with van der Waals surface area (Å²) in [7, 11) is 0. The Bertz CT molecular complexity index is 363. The number of hydrogen-bond acceptors (Lipinski definition) is 5. The number of ether oxygens (including phenoxy) is 2. The van der Waals surface area contributed by atoms with E-state index in [1.165, 1.54) is 4.90 Å². The number of carbonyl (C=O) groups is 2. The van der Waals surface area contributed by atoms with Crippen molar-refractivity contribution < 1.29 is 24.2 Å². The van der Waals surface area contributed by atoms with Gasteiger partial charge in [-0.05, 0) is 40.5 Å². The third kappa shape index (κ3) is 5.36. The van der Waals surface area contributed by atoms with Crippen LogP contribution >= 0.6 is 0 Å². The number of aliphatic hydroxyl groups is 1. The van der Waals surface area contributed by atoms with Crippen LogP contribution in [0, 0.1) is 0 Å². The summed E-state index contributed by atoms with van der Waals surface area (Å²) in [6.45, 7) is 8.00. The maximum atomic E-state index is 12.0. The van der Waals surface area contributed by atoms with Gasteiger partial charge >= 0.3 is 12.1 Å². The molecule has 1 heterocycles. The van der Waals surface area contributed by atoms with Crippen LogP contribution in [0.4, 0.5) is 4.79 Å². The van der Waals surface area contributed by atoms with Gasteiger partial charge in [-0.15, -0.1) is 0 Å². The molecule has 1 aliphatic rings. The molecule has 1 unspecified atom stereocenters. The van der Waals surface area contributed by atoms with Crippen LogP contribution in [0.5, 0.6) is 0 Å². The van der Waals surface area contributed by atoms with Crippen LogP contribution in [0.2, 0.25) is 0 Å². The number of likely N-dealkylation sites (tertiary alicyclic amines) is 1. The zero-order chi connectivity index (χ0) is 15.4. The molecule has 0 aromatic heterocycles. The second-order valence-electron chi connectivity index (χ2n) is 6.21. The summed E-state index contributed by atoms with van der Waals surface area (Å²) in [4.78, 5) is 24.9. The van der Waals surface area contributed by atoms with Gasteiger partial charge in [0.15, 0.2) is 0 Å². The summed E-state index contributed by atoms with van der Waals surface area (Å²) in [6, 6.07) is 0. The third-order valence-electron chi connectivity index (χ3n) is 2.99. The summed E-state index contributed by atoms with van der Waals surface area (Å²) in [5.41, 5.74) is -1.80. The highest BCUT2D eigenvalue weighted by Crippen LogP contribution is 2.26. The van der Waals surface area contributed by atoms with Gasteiger partial charge in [-0.1, -0.05) is 0 Å². The van der Waals surface area contributed by atoms with E-state index in [1.54, 1.807) is 27.7 Å². The quantitative estimate of drug-likeness (QED) is 0.800. The summed E-state index contributed by atoms with van der Waals surface area (Å²) >= 11 is 0. The fourth-order valence-corrected chi connectivity index (χ4v) is 2.22. The Hall–Kier alpha value is -1.30. The van der Waals surface area contributed by atoms with Gasteiger partial charge in [0.25, 0.3) is 0 Å². The Balaban J connectivity index is 2.61. The summed E-state index contributed by atoms with van der Waals surface area (Å²) in [6.07, 6.45) is 0.555. The van der Waals surface area contributed by atoms with Crippen LogP contribution in [0.1, 0.15) is 47.0 Å². The van der Waals surface area contributed by atoms with E-state index in [0.29, 0.717) is 19.4 Å². The molecule has 0 aromatic carbocycles. The van der Waals surface area contributed by atoms with Crippen LogP contribution in [0.3, 0.4) is 0 Å². The Morgan fingerprint density at radius 1 is 1.35 bits per heavy atom. The van der Waals surface area contributed by atoms with E-state index in [4.69, 9.17) is 9.47 Å². The monoisotopic (exact) mass is 287 g/mol. The molecule has 1 atom stereocenters. The van der Waals surface area contributed by atoms with Gasteiger partial charge in [-0.3, -0.25) is 4.79 Å². The van der Waals surface area contributed by atoms with Gasteiger partial charge in [0, 0.05) is 6.54 Å². The van der Waals surface area contributed by atoms with Gasteiger partial charge in [-0.2, -0.15) is 0 Å². The first-order chi connectivity index (χ1) is 9.15. The van der Waals surface area contributed by atoms with E-state index in [1.807, 2.05) is 0 Å². The minimum atomic E-state index is -1.22. The molecule has 1 N–H and O–H groups in total. The van der Waals surface area contributed by atoms with Crippen molar-refractivity contribution in [2.75, 3.05) is 19.7 Å². The standard InChI is InChI=1S/C14H25NO5/c1-5-19-11(16)9-14(18)7-6-8-15(10-14)12(17)20-13(2,3)4/h18H,5-10H2,1-4H3. The van der Waals surface area contributed by atoms with Crippen molar-refractivity contribution in [1.82, 2.24) is 4.90 Å². The molecule has 116 valence electrons. The summed E-state index contributed by atoms with van der Waals surface area (Å²) in [5.74, 6) is -0.443. The third-order valence-corrected chi connectivity index (χ3v) is 2.99. The molecule has 1 rings (SSSR count). The molecule has 1 aliphatic heterocycles. The van der Waals surface area contributed by atoms with Crippen molar-refractivity contribution in [3.63, 3.8) is 0 Å². The van der Waals surface area contributed by atoms with Crippen LogP contribution in [-0.2, 0) is 14.3 Å². The van der Waals surface area contributed by atoms with E-state index in [-0.39, 0.29) is 19.6 Å². The molecule has 1 amide bonds. The predicted octanol–water partition coefficient (Wildman–Crippen LogP) is 1.70. The van der Waals surface area contributed by atoms with Crippen molar-refractivity contribution in [3.8, 4) is 0 Å². The number of piperidine rings is 1. The highest BCUT2D eigenvalue weighted by molar-refractivity contribution is 5.71. The normalized spacial score (nSPS) is 23.4. The lowest BCUT2D eigenvalue weighted by molar-refractivity contribution is -0.151. The largest absolute Gasteiger partial charge is 0.466 e. The molecule has 6 heteroatoms. The molecular weight excluding hydrogens is 262 g/mol. The van der Waals surface area contributed by atoms with E-state index in [0.717, 1.165) is 0 Å². The molecule has 0 bridgehead atoms. The Morgan fingerprint density at radius 3 is 2.55 bits per heavy atom. The van der Waals surface area contributed by atoms with Crippen molar-refractivity contribution in [2.45, 2.75) is 58.2 Å². The zero-order valence-corrected chi connectivity index (χ0v) is 12.8. The molecule has 0 aromatic rings. The fraction of sp³-hybridized carbons (Fsp3) is 0.857. The molecule has 0 radical (unpaired) electrons. The Morgan fingerprint density at radius 2 is 2.00 bits per heavy atom. The lowest BCUT2D eigenvalue weighted by Gasteiger charge is -2.39. The second-order valence-corrected chi connectivity index (χ2v) is 6.21. The average Bonchev–Trinajstić information content (AvgIpc) is 2.26.